The fraction of sp³-hybridized carbons (Fsp3) is 0.688. The van der Waals surface area contributed by atoms with E-state index in [1.165, 1.54) is 25.7 Å². The molecule has 1 saturated carbocycles. The van der Waals surface area contributed by atoms with E-state index in [2.05, 4.69) is 17.1 Å². The summed E-state index contributed by atoms with van der Waals surface area (Å²) in [5.74, 6) is 0.515. The van der Waals surface area contributed by atoms with Gasteiger partial charge in [-0.05, 0) is 50.7 Å². The van der Waals surface area contributed by atoms with Gasteiger partial charge in [0, 0.05) is 12.3 Å². The molecule has 2 heterocycles. The molecule has 2 N–H and O–H groups in total. The van der Waals surface area contributed by atoms with Crippen LogP contribution in [0.3, 0.4) is 0 Å². The van der Waals surface area contributed by atoms with Crippen LogP contribution in [-0.4, -0.2) is 17.2 Å². The highest BCUT2D eigenvalue weighted by molar-refractivity contribution is 5.14. The van der Waals surface area contributed by atoms with Crippen molar-refractivity contribution < 1.29 is 4.74 Å². The fourth-order valence-corrected chi connectivity index (χ4v) is 3.73. The summed E-state index contributed by atoms with van der Waals surface area (Å²) < 4.78 is 6.09. The monoisotopic (exact) mass is 260 g/mol. The molecule has 2 fully saturated rings. The maximum atomic E-state index is 6.47. The summed E-state index contributed by atoms with van der Waals surface area (Å²) in [6, 6.07) is 6.20. The highest BCUT2D eigenvalue weighted by atomic mass is 16.5. The summed E-state index contributed by atoms with van der Waals surface area (Å²) in [5.41, 5.74) is 8.71. The van der Waals surface area contributed by atoms with Gasteiger partial charge in [0.25, 0.3) is 0 Å². The van der Waals surface area contributed by atoms with E-state index in [0.717, 1.165) is 30.8 Å². The van der Waals surface area contributed by atoms with E-state index in [0.29, 0.717) is 5.92 Å². The Labute approximate surface area is 115 Å². The molecule has 19 heavy (non-hydrogen) atoms. The van der Waals surface area contributed by atoms with Gasteiger partial charge in [-0.1, -0.05) is 18.9 Å². The van der Waals surface area contributed by atoms with Crippen LogP contribution >= 0.6 is 0 Å². The summed E-state index contributed by atoms with van der Waals surface area (Å²) in [4.78, 5) is 4.60. The number of ether oxygens (including phenoxy) is 1. The van der Waals surface area contributed by atoms with Crippen molar-refractivity contribution >= 4 is 0 Å². The van der Waals surface area contributed by atoms with Crippen LogP contribution in [0.1, 0.15) is 56.0 Å². The van der Waals surface area contributed by atoms with Crippen molar-refractivity contribution in [3.05, 3.63) is 29.6 Å². The second-order valence-corrected chi connectivity index (χ2v) is 6.22. The van der Waals surface area contributed by atoms with Crippen molar-refractivity contribution in [3.8, 4) is 0 Å². The zero-order valence-electron chi connectivity index (χ0n) is 11.8. The van der Waals surface area contributed by atoms with Crippen LogP contribution in [0.5, 0.6) is 0 Å². The van der Waals surface area contributed by atoms with Crippen LogP contribution < -0.4 is 5.73 Å². The van der Waals surface area contributed by atoms with Crippen molar-refractivity contribution in [1.29, 1.82) is 0 Å². The highest BCUT2D eigenvalue weighted by Gasteiger charge is 2.41. The Morgan fingerprint density at radius 1 is 1.37 bits per heavy atom. The SMILES string of the molecule is Cc1cccc(C(N)C2CCOC3(CCCC3)C2)n1. The average molecular weight is 260 g/mol. The smallest absolute Gasteiger partial charge is 0.0686 e. The first-order valence-electron chi connectivity index (χ1n) is 7.52. The Bertz CT molecular complexity index is 440. The third-order valence-electron chi connectivity index (χ3n) is 4.81. The third kappa shape index (κ3) is 2.67. The number of aryl methyl sites for hydroxylation is 1. The molecule has 1 aliphatic heterocycles. The van der Waals surface area contributed by atoms with Gasteiger partial charge in [-0.2, -0.15) is 0 Å². The van der Waals surface area contributed by atoms with Gasteiger partial charge in [0.15, 0.2) is 0 Å². The topological polar surface area (TPSA) is 48.1 Å². The molecule has 1 spiro atoms. The minimum absolute atomic E-state index is 0.0567. The van der Waals surface area contributed by atoms with Crippen LogP contribution in [-0.2, 0) is 4.74 Å². The highest BCUT2D eigenvalue weighted by Crippen LogP contribution is 2.44. The molecule has 1 aromatic rings. The van der Waals surface area contributed by atoms with E-state index in [4.69, 9.17) is 10.5 Å². The molecule has 2 aliphatic rings. The number of nitrogens with two attached hydrogens (primary N) is 1. The summed E-state index contributed by atoms with van der Waals surface area (Å²) in [6.45, 7) is 2.89. The molecule has 1 aliphatic carbocycles. The zero-order valence-corrected chi connectivity index (χ0v) is 11.8. The summed E-state index contributed by atoms with van der Waals surface area (Å²) in [6.07, 6.45) is 7.24. The van der Waals surface area contributed by atoms with E-state index in [9.17, 15) is 0 Å². The van der Waals surface area contributed by atoms with E-state index in [1.54, 1.807) is 0 Å². The van der Waals surface area contributed by atoms with Gasteiger partial charge in [-0.25, -0.2) is 0 Å². The Kier molecular flexibility index (Phi) is 3.59. The average Bonchev–Trinajstić information content (AvgIpc) is 2.86. The van der Waals surface area contributed by atoms with Gasteiger partial charge >= 0.3 is 0 Å². The molecule has 1 aromatic heterocycles. The molecule has 3 rings (SSSR count). The second-order valence-electron chi connectivity index (χ2n) is 6.22. The Hall–Kier alpha value is -0.930. The summed E-state index contributed by atoms with van der Waals surface area (Å²) in [7, 11) is 0. The van der Waals surface area contributed by atoms with E-state index in [1.807, 2.05) is 13.0 Å². The van der Waals surface area contributed by atoms with Gasteiger partial charge in [0.05, 0.1) is 17.3 Å². The minimum atomic E-state index is 0.0567. The summed E-state index contributed by atoms with van der Waals surface area (Å²) >= 11 is 0. The zero-order chi connectivity index (χ0) is 13.3. The molecule has 0 aromatic carbocycles. The summed E-state index contributed by atoms with van der Waals surface area (Å²) in [5, 5.41) is 0. The normalized spacial score (nSPS) is 27.6. The van der Waals surface area contributed by atoms with Crippen LogP contribution in [0, 0.1) is 12.8 Å². The van der Waals surface area contributed by atoms with Gasteiger partial charge in [0.1, 0.15) is 0 Å². The van der Waals surface area contributed by atoms with Gasteiger partial charge in [-0.3, -0.25) is 4.98 Å². The van der Waals surface area contributed by atoms with Crippen LogP contribution in [0.15, 0.2) is 18.2 Å². The second kappa shape index (κ2) is 5.22. The molecule has 0 radical (unpaired) electrons. The predicted molar refractivity (Wildman–Crippen MR) is 75.8 cm³/mol. The Morgan fingerprint density at radius 3 is 2.89 bits per heavy atom. The first kappa shape index (κ1) is 13.1. The largest absolute Gasteiger partial charge is 0.375 e. The Balaban J connectivity index is 1.74. The van der Waals surface area contributed by atoms with Gasteiger partial charge in [0.2, 0.25) is 0 Å². The van der Waals surface area contributed by atoms with Gasteiger partial charge < -0.3 is 10.5 Å². The molecule has 3 nitrogen and oxygen atoms in total. The van der Waals surface area contributed by atoms with E-state index >= 15 is 0 Å². The molecular formula is C16H24N2O. The predicted octanol–water partition coefficient (Wildman–Crippen LogP) is 3.13. The van der Waals surface area contributed by atoms with Crippen molar-refractivity contribution in [2.24, 2.45) is 11.7 Å². The van der Waals surface area contributed by atoms with Crippen LogP contribution in [0.4, 0.5) is 0 Å². The molecule has 3 heteroatoms. The maximum Gasteiger partial charge on any atom is 0.0686 e. The van der Waals surface area contributed by atoms with Gasteiger partial charge in [-0.15, -0.1) is 0 Å². The number of hydrogen-bond acceptors (Lipinski definition) is 3. The number of rotatable bonds is 2. The molecular weight excluding hydrogens is 236 g/mol. The van der Waals surface area contributed by atoms with Crippen molar-refractivity contribution in [1.82, 2.24) is 4.98 Å². The quantitative estimate of drug-likeness (QED) is 0.888. The minimum Gasteiger partial charge on any atom is -0.375 e. The fourth-order valence-electron chi connectivity index (χ4n) is 3.73. The van der Waals surface area contributed by atoms with Crippen LogP contribution in [0.25, 0.3) is 0 Å². The first-order chi connectivity index (χ1) is 9.19. The maximum absolute atomic E-state index is 6.47. The number of pyridine rings is 1. The molecule has 2 atom stereocenters. The lowest BCUT2D eigenvalue weighted by Crippen LogP contribution is -2.40. The lowest BCUT2D eigenvalue weighted by atomic mass is 9.80. The molecule has 2 unspecified atom stereocenters. The third-order valence-corrected chi connectivity index (χ3v) is 4.81. The molecule has 1 saturated heterocycles. The molecule has 0 amide bonds. The number of nitrogens with zero attached hydrogens (tertiary/aromatic N) is 1. The van der Waals surface area contributed by atoms with E-state index < -0.39 is 0 Å². The van der Waals surface area contributed by atoms with Crippen LogP contribution in [0.2, 0.25) is 0 Å². The standard InChI is InChI=1S/C16H24N2O/c1-12-5-4-6-14(18-12)15(17)13-7-10-19-16(11-13)8-2-3-9-16/h4-6,13,15H,2-3,7-11,17H2,1H3. The first-order valence-corrected chi connectivity index (χ1v) is 7.52. The van der Waals surface area contributed by atoms with Crippen molar-refractivity contribution in [3.63, 3.8) is 0 Å². The number of hydrogen-bond donors (Lipinski definition) is 1. The molecule has 104 valence electrons. The molecule has 0 bridgehead atoms. The van der Waals surface area contributed by atoms with E-state index in [-0.39, 0.29) is 11.6 Å². The lowest BCUT2D eigenvalue weighted by molar-refractivity contribution is -0.0965. The number of aromatic nitrogens is 1. The van der Waals surface area contributed by atoms with Crippen molar-refractivity contribution in [2.45, 2.75) is 57.1 Å². The Morgan fingerprint density at radius 2 is 2.16 bits per heavy atom. The lowest BCUT2D eigenvalue weighted by Gasteiger charge is -2.40. The van der Waals surface area contributed by atoms with Crippen molar-refractivity contribution in [2.75, 3.05) is 6.61 Å².